The van der Waals surface area contributed by atoms with Gasteiger partial charge in [0, 0.05) is 31.2 Å². The second-order valence-corrected chi connectivity index (χ2v) is 16.0. The average molecular weight is 914 g/mol. The lowest BCUT2D eigenvalue weighted by Gasteiger charge is -2.21. The molecule has 0 spiro atoms. The van der Waals surface area contributed by atoms with E-state index in [1.54, 1.807) is 0 Å². The highest BCUT2D eigenvalue weighted by atomic mass is 127. The predicted octanol–water partition coefficient (Wildman–Crippen LogP) is 5.23. The maximum atomic E-state index is 2.73. The van der Waals surface area contributed by atoms with Gasteiger partial charge < -0.3 is 52.9 Å². The lowest BCUT2D eigenvalue weighted by atomic mass is 10.1. The van der Waals surface area contributed by atoms with Crippen LogP contribution in [0.2, 0.25) is 0 Å². The molecule has 0 N–H and O–H groups in total. The third-order valence-electron chi connectivity index (χ3n) is 9.11. The first-order valence-corrected chi connectivity index (χ1v) is 21.1. The van der Waals surface area contributed by atoms with E-state index in [1.165, 1.54) is 147 Å². The number of nitrogens with zero attached hydrogens (tertiary/aromatic N) is 3. The molecule has 3 aliphatic heterocycles. The Hall–Kier alpha value is 0.610. The smallest absolute Gasteiger partial charge is 0.242 e. The number of hydrogen-bond acceptors (Lipinski definition) is 4. The van der Waals surface area contributed by atoms with Gasteiger partial charge in [-0.25, -0.2) is 9.15 Å². The van der Waals surface area contributed by atoms with E-state index in [0.29, 0.717) is 12.1 Å². The van der Waals surface area contributed by atoms with Crippen molar-refractivity contribution in [2.24, 2.45) is 0 Å². The maximum absolute atomic E-state index is 2.73. The number of rotatable bonds is 22. The summed E-state index contributed by atoms with van der Waals surface area (Å²) in [5, 5.41) is 6.69. The average Bonchev–Trinajstić information content (AvgIpc) is 3.68. The Kier molecular flexibility index (Phi) is 25.6. The molecule has 0 saturated heterocycles. The van der Waals surface area contributed by atoms with Crippen molar-refractivity contribution in [3.8, 4) is 0 Å². The van der Waals surface area contributed by atoms with E-state index in [4.69, 9.17) is 0 Å². The Morgan fingerprint density at radius 2 is 1.30 bits per heavy atom. The standard InChI is InChI=1S/C38H65N3S3.2HI/c1-7-10-13-16-19-25-39-32(4)29-42-36(39)24-22-23-35(38-41(34(6)31-44-38)27-21-18-15-12-9-3)28-37-40(33(5)30-43-37)26-20-17-14-11-8-2;;/h22-24,28-29,33-34H,7-21,25-27,30-31H2,1-6H3;2*1H/q+2;;/p-2. The molecule has 0 aromatic carbocycles. The molecule has 2 atom stereocenters. The summed E-state index contributed by atoms with van der Waals surface area (Å²) in [4.78, 5) is 2.54. The molecule has 3 aliphatic rings. The Morgan fingerprint density at radius 1 is 0.761 bits per heavy atom. The lowest BCUT2D eigenvalue weighted by Crippen LogP contribution is -3.00. The molecule has 0 aromatic heterocycles. The Bertz CT molecular complexity index is 1060. The molecular formula is C38H65I2N3S3. The van der Waals surface area contributed by atoms with E-state index in [0.717, 1.165) is 6.54 Å². The van der Waals surface area contributed by atoms with E-state index in [2.05, 4.69) is 109 Å². The van der Waals surface area contributed by atoms with Gasteiger partial charge in [-0.05, 0) is 57.6 Å². The molecule has 0 fully saturated rings. The van der Waals surface area contributed by atoms with Crippen LogP contribution in [0, 0.1) is 0 Å². The summed E-state index contributed by atoms with van der Waals surface area (Å²) in [7, 11) is 0. The summed E-state index contributed by atoms with van der Waals surface area (Å²) in [6, 6.07) is 1.22. The van der Waals surface area contributed by atoms with Crippen LogP contribution in [0.5, 0.6) is 0 Å². The van der Waals surface area contributed by atoms with E-state index in [9.17, 15) is 0 Å². The van der Waals surface area contributed by atoms with Gasteiger partial charge in [0.05, 0.1) is 22.1 Å². The van der Waals surface area contributed by atoms with Crippen molar-refractivity contribution >= 4 is 45.4 Å². The van der Waals surface area contributed by atoms with Crippen LogP contribution in [-0.2, 0) is 0 Å². The minimum Gasteiger partial charge on any atom is -1.00 e. The van der Waals surface area contributed by atoms with E-state index in [-0.39, 0.29) is 48.0 Å². The van der Waals surface area contributed by atoms with Crippen LogP contribution in [0.25, 0.3) is 0 Å². The second kappa shape index (κ2) is 26.4. The zero-order valence-electron chi connectivity index (χ0n) is 30.0. The van der Waals surface area contributed by atoms with Gasteiger partial charge in [-0.3, -0.25) is 0 Å². The van der Waals surface area contributed by atoms with Crippen molar-refractivity contribution in [2.75, 3.05) is 31.1 Å². The van der Waals surface area contributed by atoms with E-state index < -0.39 is 0 Å². The van der Waals surface area contributed by atoms with Crippen LogP contribution < -0.4 is 48.0 Å². The van der Waals surface area contributed by atoms with E-state index in [1.807, 2.05) is 11.8 Å². The highest BCUT2D eigenvalue weighted by Gasteiger charge is 2.34. The third kappa shape index (κ3) is 15.2. The van der Waals surface area contributed by atoms with Crippen LogP contribution in [0.4, 0.5) is 0 Å². The number of halogens is 2. The topological polar surface area (TPSA) is 9.26 Å². The van der Waals surface area contributed by atoms with Gasteiger partial charge >= 0.3 is 0 Å². The third-order valence-corrected chi connectivity index (χ3v) is 12.9. The molecule has 3 nitrogen and oxygen atoms in total. The molecule has 3 rings (SSSR count). The van der Waals surface area contributed by atoms with Gasteiger partial charge in [0.2, 0.25) is 10.1 Å². The number of unbranched alkanes of at least 4 members (excludes halogenated alkanes) is 12. The molecule has 0 radical (unpaired) electrons. The van der Waals surface area contributed by atoms with Crippen molar-refractivity contribution in [1.82, 2.24) is 4.90 Å². The fraction of sp³-hybridized carbons (Fsp3) is 0.737. The molecule has 46 heavy (non-hydrogen) atoms. The normalized spacial score (nSPS) is 21.2. The Balaban J connectivity index is 0.00000529. The van der Waals surface area contributed by atoms with Crippen LogP contribution in [-0.4, -0.2) is 67.4 Å². The molecule has 0 amide bonds. The van der Waals surface area contributed by atoms with Gasteiger partial charge in [0.15, 0.2) is 12.1 Å². The van der Waals surface area contributed by atoms with Gasteiger partial charge in [-0.1, -0.05) is 126 Å². The summed E-state index contributed by atoms with van der Waals surface area (Å²) in [5.41, 5.74) is 2.81. The molecule has 0 bridgehead atoms. The lowest BCUT2D eigenvalue weighted by molar-refractivity contribution is -0.552. The van der Waals surface area contributed by atoms with Gasteiger partial charge in [-0.2, -0.15) is 0 Å². The van der Waals surface area contributed by atoms with Crippen molar-refractivity contribution < 1.29 is 57.1 Å². The summed E-state index contributed by atoms with van der Waals surface area (Å²) in [6.07, 6.45) is 29.8. The maximum Gasteiger partial charge on any atom is 0.242 e. The van der Waals surface area contributed by atoms with Crippen molar-refractivity contribution in [1.29, 1.82) is 0 Å². The largest absolute Gasteiger partial charge is 1.00 e. The highest BCUT2D eigenvalue weighted by Crippen LogP contribution is 2.35. The molecular weight excluding hydrogens is 848 g/mol. The van der Waals surface area contributed by atoms with Gasteiger partial charge in [0.1, 0.15) is 13.1 Å². The quantitative estimate of drug-likeness (QED) is 0.0638. The molecule has 0 aromatic rings. The summed E-state index contributed by atoms with van der Waals surface area (Å²) in [6.45, 7) is 17.6. The molecule has 264 valence electrons. The van der Waals surface area contributed by atoms with Crippen molar-refractivity contribution in [3.63, 3.8) is 0 Å². The van der Waals surface area contributed by atoms with Crippen LogP contribution >= 0.6 is 35.3 Å². The van der Waals surface area contributed by atoms with Crippen LogP contribution in [0.3, 0.4) is 0 Å². The highest BCUT2D eigenvalue weighted by molar-refractivity contribution is 8.15. The van der Waals surface area contributed by atoms with Gasteiger partial charge in [-0.15, -0.1) is 0 Å². The van der Waals surface area contributed by atoms with Gasteiger partial charge in [0.25, 0.3) is 0 Å². The zero-order chi connectivity index (χ0) is 31.6. The first-order valence-electron chi connectivity index (χ1n) is 18.2. The number of hydrogen-bond donors (Lipinski definition) is 0. The van der Waals surface area contributed by atoms with Crippen molar-refractivity contribution in [3.05, 3.63) is 46.0 Å². The summed E-state index contributed by atoms with van der Waals surface area (Å²) in [5.74, 6) is 2.40. The molecule has 3 heterocycles. The second-order valence-electron chi connectivity index (χ2n) is 13.1. The fourth-order valence-corrected chi connectivity index (χ4v) is 9.74. The van der Waals surface area contributed by atoms with Crippen LogP contribution in [0.15, 0.2) is 46.0 Å². The molecule has 0 saturated carbocycles. The Labute approximate surface area is 331 Å². The first kappa shape index (κ1) is 44.6. The number of allylic oxidation sites excluding steroid dienone is 4. The minimum atomic E-state index is 0. The predicted molar refractivity (Wildman–Crippen MR) is 204 cm³/mol. The monoisotopic (exact) mass is 913 g/mol. The zero-order valence-corrected chi connectivity index (χ0v) is 36.8. The molecule has 8 heteroatoms. The summed E-state index contributed by atoms with van der Waals surface area (Å²) >= 11 is 6.05. The Morgan fingerprint density at radius 3 is 1.93 bits per heavy atom. The van der Waals surface area contributed by atoms with Crippen molar-refractivity contribution in [2.45, 2.75) is 150 Å². The molecule has 0 aliphatic carbocycles. The number of thioether (sulfide) groups is 3. The first-order chi connectivity index (χ1) is 21.5. The van der Waals surface area contributed by atoms with Crippen LogP contribution in [0.1, 0.15) is 138 Å². The SMILES string of the molecule is CCCCCCCN1C(C)=CSC1=CC=CC(=CC1=[N+](CCCCCCC)C(C)CS1)C1=[N+](CCCCCCC)C(C)CS1.[I-].[I-]. The molecule has 2 unspecified atom stereocenters. The van der Waals surface area contributed by atoms with E-state index >= 15 is 0 Å². The fourth-order valence-electron chi connectivity index (χ4n) is 6.25. The summed E-state index contributed by atoms with van der Waals surface area (Å²) < 4.78 is 5.44. The minimum absolute atomic E-state index is 0.